The van der Waals surface area contributed by atoms with E-state index < -0.39 is 11.7 Å². The van der Waals surface area contributed by atoms with E-state index in [4.69, 9.17) is 0 Å². The quantitative estimate of drug-likeness (QED) is 0.709. The average molecular weight is 413 g/mol. The largest absolute Gasteiger partial charge is 0.362 e. The Hall–Kier alpha value is -2.57. The normalized spacial score (nSPS) is 25.7. The summed E-state index contributed by atoms with van der Waals surface area (Å²) in [6.45, 7) is 2.92. The van der Waals surface area contributed by atoms with Crippen LogP contribution in [0.5, 0.6) is 0 Å². The smallest absolute Gasteiger partial charge is 0.255 e. The molecule has 162 valence electrons. The van der Waals surface area contributed by atoms with Crippen LogP contribution < -0.4 is 16.0 Å². The Morgan fingerprint density at radius 3 is 2.73 bits per heavy atom. The third-order valence-electron chi connectivity index (χ3n) is 6.90. The van der Waals surface area contributed by atoms with Gasteiger partial charge in [0.15, 0.2) is 0 Å². The first kappa shape index (κ1) is 20.7. The Balaban J connectivity index is 1.39. The van der Waals surface area contributed by atoms with Crippen molar-refractivity contribution in [1.82, 2.24) is 15.5 Å². The lowest BCUT2D eigenvalue weighted by Gasteiger charge is -2.40. The topological polar surface area (TPSA) is 90.5 Å². The van der Waals surface area contributed by atoms with Gasteiger partial charge in [-0.1, -0.05) is 31.4 Å². The van der Waals surface area contributed by atoms with E-state index in [1.165, 1.54) is 32.1 Å². The number of carbonyl (C=O) groups is 3. The van der Waals surface area contributed by atoms with E-state index in [2.05, 4.69) is 16.0 Å². The number of nitrogens with one attached hydrogen (secondary N) is 3. The van der Waals surface area contributed by atoms with Crippen LogP contribution in [0.3, 0.4) is 0 Å². The number of likely N-dealkylation sites (tertiary alicyclic amines) is 1. The number of fused-ring (bicyclic) bond motifs is 1. The van der Waals surface area contributed by atoms with Crippen molar-refractivity contribution < 1.29 is 14.4 Å². The van der Waals surface area contributed by atoms with Crippen LogP contribution in [0.1, 0.15) is 68.6 Å². The third kappa shape index (κ3) is 4.30. The van der Waals surface area contributed by atoms with E-state index in [1.807, 2.05) is 18.2 Å². The van der Waals surface area contributed by atoms with Crippen LogP contribution in [-0.2, 0) is 9.59 Å². The second kappa shape index (κ2) is 8.66. The molecule has 7 heteroatoms. The Kier molecular flexibility index (Phi) is 5.97. The van der Waals surface area contributed by atoms with E-state index in [0.717, 1.165) is 5.69 Å². The van der Waals surface area contributed by atoms with E-state index in [1.54, 1.807) is 17.9 Å². The highest BCUT2D eigenvalue weighted by molar-refractivity contribution is 6.02. The molecule has 1 spiro atoms. The highest BCUT2D eigenvalue weighted by Gasteiger charge is 2.41. The lowest BCUT2D eigenvalue weighted by atomic mass is 9.89. The SMILES string of the molecule is C[C@@H](C(=O)NCC1CCCCC1)N1CC[C@@]2(CCC1=O)NC(=O)c1ccccc1N2. The van der Waals surface area contributed by atoms with Crippen molar-refractivity contribution in [3.05, 3.63) is 29.8 Å². The fraction of sp³-hybridized carbons (Fsp3) is 0.609. The number of hydrogen-bond acceptors (Lipinski definition) is 4. The van der Waals surface area contributed by atoms with Crippen LogP contribution >= 0.6 is 0 Å². The molecule has 0 radical (unpaired) electrons. The van der Waals surface area contributed by atoms with Crippen LogP contribution in [0, 0.1) is 5.92 Å². The molecule has 1 aliphatic carbocycles. The highest BCUT2D eigenvalue weighted by atomic mass is 16.2. The van der Waals surface area contributed by atoms with Crippen LogP contribution in [0.4, 0.5) is 5.69 Å². The highest BCUT2D eigenvalue weighted by Crippen LogP contribution is 2.32. The number of carbonyl (C=O) groups excluding carboxylic acids is 3. The first-order chi connectivity index (χ1) is 14.5. The molecule has 1 saturated heterocycles. The summed E-state index contributed by atoms with van der Waals surface area (Å²) in [6, 6.07) is 6.90. The molecule has 0 unspecified atom stereocenters. The van der Waals surface area contributed by atoms with Gasteiger partial charge in [0.25, 0.3) is 5.91 Å². The fourth-order valence-corrected chi connectivity index (χ4v) is 4.97. The molecule has 1 saturated carbocycles. The minimum Gasteiger partial charge on any atom is -0.362 e. The maximum absolute atomic E-state index is 12.8. The van der Waals surface area contributed by atoms with Gasteiger partial charge >= 0.3 is 0 Å². The zero-order valence-corrected chi connectivity index (χ0v) is 17.7. The molecule has 2 atom stereocenters. The van der Waals surface area contributed by atoms with Crippen LogP contribution in [0.15, 0.2) is 24.3 Å². The van der Waals surface area contributed by atoms with Crippen molar-refractivity contribution in [2.24, 2.45) is 5.92 Å². The van der Waals surface area contributed by atoms with Crippen LogP contribution in [0.2, 0.25) is 0 Å². The van der Waals surface area contributed by atoms with Crippen molar-refractivity contribution >= 4 is 23.4 Å². The summed E-state index contributed by atoms with van der Waals surface area (Å²) < 4.78 is 0. The van der Waals surface area contributed by atoms with Gasteiger partial charge in [0.05, 0.1) is 5.56 Å². The summed E-state index contributed by atoms with van der Waals surface area (Å²) in [7, 11) is 0. The predicted octanol–water partition coefficient (Wildman–Crippen LogP) is 2.64. The number of rotatable bonds is 4. The molecular formula is C23H32N4O3. The molecule has 4 rings (SSSR count). The Morgan fingerprint density at radius 1 is 1.17 bits per heavy atom. The molecule has 1 aromatic carbocycles. The van der Waals surface area contributed by atoms with Gasteiger partial charge in [-0.25, -0.2) is 0 Å². The molecule has 0 aromatic heterocycles. The van der Waals surface area contributed by atoms with Crippen molar-refractivity contribution in [2.45, 2.75) is 70.0 Å². The standard InChI is InChI=1S/C23H32N4O3/c1-16(21(29)24-15-17-7-3-2-4-8-17)27-14-13-23(12-11-20(27)28)25-19-10-6-5-9-18(19)22(30)26-23/h5-6,9-10,16-17,25H,2-4,7-8,11-15H2,1H3,(H,24,29)(H,26,30)/t16-,23+/m0/s1. The first-order valence-corrected chi connectivity index (χ1v) is 11.2. The number of nitrogens with zero attached hydrogens (tertiary/aromatic N) is 1. The number of benzene rings is 1. The lowest BCUT2D eigenvalue weighted by Crippen LogP contribution is -2.58. The van der Waals surface area contributed by atoms with Crippen molar-refractivity contribution in [2.75, 3.05) is 18.4 Å². The number of amides is 3. The third-order valence-corrected chi connectivity index (χ3v) is 6.90. The maximum atomic E-state index is 12.8. The second-order valence-corrected chi connectivity index (χ2v) is 8.97. The van der Waals surface area contributed by atoms with Crippen molar-refractivity contribution in [3.8, 4) is 0 Å². The summed E-state index contributed by atoms with van der Waals surface area (Å²) in [5, 5.41) is 9.59. The van der Waals surface area contributed by atoms with Crippen LogP contribution in [-0.4, -0.2) is 47.4 Å². The van der Waals surface area contributed by atoms with Gasteiger partial charge in [0.1, 0.15) is 11.7 Å². The van der Waals surface area contributed by atoms with Gasteiger partial charge in [-0.15, -0.1) is 0 Å². The molecule has 3 N–H and O–H groups in total. The summed E-state index contributed by atoms with van der Waals surface area (Å²) >= 11 is 0. The van der Waals surface area contributed by atoms with Gasteiger partial charge in [-0.05, 0) is 44.2 Å². The van der Waals surface area contributed by atoms with Crippen molar-refractivity contribution in [1.29, 1.82) is 0 Å². The predicted molar refractivity (Wildman–Crippen MR) is 115 cm³/mol. The molecule has 2 heterocycles. The molecule has 1 aromatic rings. The van der Waals surface area contributed by atoms with Gasteiger partial charge in [0.2, 0.25) is 11.8 Å². The van der Waals surface area contributed by atoms with E-state index in [9.17, 15) is 14.4 Å². The summed E-state index contributed by atoms with van der Waals surface area (Å²) in [5.74, 6) is 0.307. The monoisotopic (exact) mass is 412 g/mol. The van der Waals surface area contributed by atoms with E-state index >= 15 is 0 Å². The second-order valence-electron chi connectivity index (χ2n) is 8.97. The van der Waals surface area contributed by atoms with E-state index in [0.29, 0.717) is 37.4 Å². The zero-order chi connectivity index (χ0) is 21.1. The number of para-hydroxylation sites is 1. The first-order valence-electron chi connectivity index (χ1n) is 11.2. The Morgan fingerprint density at radius 2 is 1.93 bits per heavy atom. The fourth-order valence-electron chi connectivity index (χ4n) is 4.97. The van der Waals surface area contributed by atoms with Gasteiger partial charge in [0, 0.05) is 31.6 Å². The maximum Gasteiger partial charge on any atom is 0.255 e. The molecule has 7 nitrogen and oxygen atoms in total. The Bertz CT molecular complexity index is 820. The minimum absolute atomic E-state index is 0.0397. The summed E-state index contributed by atoms with van der Waals surface area (Å²) in [5.41, 5.74) is 0.750. The minimum atomic E-state index is -0.659. The lowest BCUT2D eigenvalue weighted by molar-refractivity contribution is -0.139. The molecular weight excluding hydrogens is 380 g/mol. The van der Waals surface area contributed by atoms with Gasteiger partial charge < -0.3 is 20.9 Å². The van der Waals surface area contributed by atoms with Gasteiger partial charge in [-0.3, -0.25) is 14.4 Å². The average Bonchev–Trinajstić information content (AvgIpc) is 2.91. The molecule has 0 bridgehead atoms. The molecule has 30 heavy (non-hydrogen) atoms. The molecule has 3 amide bonds. The van der Waals surface area contributed by atoms with Crippen molar-refractivity contribution in [3.63, 3.8) is 0 Å². The molecule has 3 aliphatic rings. The van der Waals surface area contributed by atoms with Gasteiger partial charge in [-0.2, -0.15) is 0 Å². The zero-order valence-electron chi connectivity index (χ0n) is 17.7. The molecule has 2 fully saturated rings. The summed E-state index contributed by atoms with van der Waals surface area (Å²) in [4.78, 5) is 39.8. The number of anilines is 1. The number of hydrogen-bond donors (Lipinski definition) is 3. The van der Waals surface area contributed by atoms with E-state index in [-0.39, 0.29) is 24.1 Å². The molecule has 2 aliphatic heterocycles. The summed E-state index contributed by atoms with van der Waals surface area (Å²) in [6.07, 6.45) is 7.46. The Labute approximate surface area is 178 Å². The van der Waals surface area contributed by atoms with Crippen LogP contribution in [0.25, 0.3) is 0 Å².